The number of hydrogen-bond acceptors (Lipinski definition) is 5. The lowest BCUT2D eigenvalue weighted by Crippen LogP contribution is -2.37. The van der Waals surface area contributed by atoms with Gasteiger partial charge in [-0.15, -0.1) is 0 Å². The zero-order chi connectivity index (χ0) is 19.5. The number of sulfonamides is 1. The number of primary sulfonamides is 1. The van der Waals surface area contributed by atoms with Crippen molar-refractivity contribution in [1.29, 1.82) is 0 Å². The summed E-state index contributed by atoms with van der Waals surface area (Å²) < 4.78 is 28.1. The lowest BCUT2D eigenvalue weighted by atomic mass is 10.2. The van der Waals surface area contributed by atoms with Crippen LogP contribution in [0.5, 0.6) is 0 Å². The molecule has 0 fully saturated rings. The number of amides is 1. The van der Waals surface area contributed by atoms with Crippen LogP contribution in [-0.2, 0) is 19.6 Å². The molecule has 1 amide bonds. The first-order valence-electron chi connectivity index (χ1n) is 7.47. The Morgan fingerprint density at radius 1 is 1.15 bits per heavy atom. The summed E-state index contributed by atoms with van der Waals surface area (Å²) in [5.74, 6) is -1.31. The van der Waals surface area contributed by atoms with Crippen LogP contribution in [0.3, 0.4) is 0 Å². The molecule has 0 heterocycles. The molecule has 7 nitrogen and oxygen atoms in total. The molecule has 2 N–H and O–H groups in total. The van der Waals surface area contributed by atoms with Crippen molar-refractivity contribution in [3.05, 3.63) is 59.1 Å². The van der Waals surface area contributed by atoms with Crippen molar-refractivity contribution < 1.29 is 22.7 Å². The number of carbonyl (C=O) groups excluding carboxylic acids is 2. The van der Waals surface area contributed by atoms with Gasteiger partial charge in [-0.1, -0.05) is 29.8 Å². The fourth-order valence-corrected chi connectivity index (χ4v) is 3.25. The summed E-state index contributed by atoms with van der Waals surface area (Å²) in [5.41, 5.74) is 0.559. The first-order chi connectivity index (χ1) is 12.1. The van der Waals surface area contributed by atoms with E-state index in [0.29, 0.717) is 5.69 Å². The highest BCUT2D eigenvalue weighted by Gasteiger charge is 2.24. The standard InChI is InChI=1S/C17H17ClN2O5S/c1-11(16(21)20(2)13-6-4-3-5-7-13)25-17(22)12-8-9-14(18)15(10-12)26(19,23)24/h3-11H,1-2H3,(H2,19,23,24). The van der Waals surface area contributed by atoms with Gasteiger partial charge in [-0.2, -0.15) is 0 Å². The number of para-hydroxylation sites is 1. The summed E-state index contributed by atoms with van der Waals surface area (Å²) >= 11 is 5.78. The topological polar surface area (TPSA) is 107 Å². The van der Waals surface area contributed by atoms with Gasteiger partial charge in [-0.25, -0.2) is 18.4 Å². The number of likely N-dealkylation sites (N-methyl/N-ethyl adjacent to an activating group) is 1. The number of nitrogens with zero attached hydrogens (tertiary/aromatic N) is 1. The fraction of sp³-hybridized carbons (Fsp3) is 0.176. The van der Waals surface area contributed by atoms with E-state index in [9.17, 15) is 18.0 Å². The summed E-state index contributed by atoms with van der Waals surface area (Å²) in [4.78, 5) is 25.6. The number of halogens is 1. The van der Waals surface area contributed by atoms with E-state index in [1.165, 1.54) is 24.0 Å². The molecule has 26 heavy (non-hydrogen) atoms. The van der Waals surface area contributed by atoms with E-state index in [-0.39, 0.29) is 10.6 Å². The minimum atomic E-state index is -4.10. The van der Waals surface area contributed by atoms with Gasteiger partial charge in [0.05, 0.1) is 10.6 Å². The summed E-state index contributed by atoms with van der Waals surface area (Å²) in [6.07, 6.45) is -1.08. The number of anilines is 1. The molecule has 0 bridgehead atoms. The molecule has 0 aliphatic carbocycles. The second-order valence-corrected chi connectivity index (χ2v) is 7.41. The zero-order valence-corrected chi connectivity index (χ0v) is 15.6. The monoisotopic (exact) mass is 396 g/mol. The number of ether oxygens (including phenoxy) is 1. The van der Waals surface area contributed by atoms with Crippen LogP contribution in [0.25, 0.3) is 0 Å². The lowest BCUT2D eigenvalue weighted by Gasteiger charge is -2.21. The van der Waals surface area contributed by atoms with Crippen LogP contribution < -0.4 is 10.0 Å². The van der Waals surface area contributed by atoms with Crippen LogP contribution in [0, 0.1) is 0 Å². The van der Waals surface area contributed by atoms with E-state index >= 15 is 0 Å². The SMILES string of the molecule is CC(OC(=O)c1ccc(Cl)c(S(N)(=O)=O)c1)C(=O)N(C)c1ccccc1. The maximum atomic E-state index is 12.4. The Kier molecular flexibility index (Phi) is 6.01. The predicted octanol–water partition coefficient (Wildman–Crippen LogP) is 2.20. The maximum absolute atomic E-state index is 12.4. The Morgan fingerprint density at radius 2 is 1.77 bits per heavy atom. The van der Waals surface area contributed by atoms with E-state index in [4.69, 9.17) is 21.5 Å². The Bertz CT molecular complexity index is 931. The Labute approximate surface area is 156 Å². The third-order valence-corrected chi connectivity index (χ3v) is 4.97. The third-order valence-electron chi connectivity index (χ3n) is 3.58. The molecule has 2 aromatic carbocycles. The number of rotatable bonds is 5. The zero-order valence-electron chi connectivity index (χ0n) is 14.0. The van der Waals surface area contributed by atoms with Crippen molar-refractivity contribution in [2.24, 2.45) is 5.14 Å². The molecule has 0 radical (unpaired) electrons. The molecule has 2 rings (SSSR count). The van der Waals surface area contributed by atoms with Crippen molar-refractivity contribution in [2.45, 2.75) is 17.9 Å². The fourth-order valence-electron chi connectivity index (χ4n) is 2.18. The number of benzene rings is 2. The quantitative estimate of drug-likeness (QED) is 0.779. The van der Waals surface area contributed by atoms with Crippen LogP contribution in [-0.4, -0.2) is 33.4 Å². The third kappa shape index (κ3) is 4.60. The van der Waals surface area contributed by atoms with E-state index in [1.54, 1.807) is 31.3 Å². The average Bonchev–Trinajstić information content (AvgIpc) is 2.60. The number of nitrogens with two attached hydrogens (primary N) is 1. The van der Waals surface area contributed by atoms with Crippen molar-refractivity contribution in [3.8, 4) is 0 Å². The summed E-state index contributed by atoms with van der Waals surface area (Å²) in [6, 6.07) is 12.4. The smallest absolute Gasteiger partial charge is 0.338 e. The van der Waals surface area contributed by atoms with Gasteiger partial charge < -0.3 is 9.64 Å². The van der Waals surface area contributed by atoms with Gasteiger partial charge in [-0.3, -0.25) is 4.79 Å². The van der Waals surface area contributed by atoms with Crippen LogP contribution in [0.4, 0.5) is 5.69 Å². The van der Waals surface area contributed by atoms with Crippen LogP contribution in [0.15, 0.2) is 53.4 Å². The van der Waals surface area contributed by atoms with Crippen molar-refractivity contribution in [1.82, 2.24) is 0 Å². The van der Waals surface area contributed by atoms with E-state index in [2.05, 4.69) is 0 Å². The minimum Gasteiger partial charge on any atom is -0.449 e. The minimum absolute atomic E-state index is 0.0829. The van der Waals surface area contributed by atoms with Crippen LogP contribution in [0.2, 0.25) is 5.02 Å². The summed E-state index contributed by atoms with van der Waals surface area (Å²) in [5, 5.41) is 4.94. The van der Waals surface area contributed by atoms with Gasteiger partial charge in [0.1, 0.15) is 4.90 Å². The molecule has 1 unspecified atom stereocenters. The van der Waals surface area contributed by atoms with Gasteiger partial charge >= 0.3 is 5.97 Å². The predicted molar refractivity (Wildman–Crippen MR) is 97.6 cm³/mol. The molecule has 0 aromatic heterocycles. The Balaban J connectivity index is 2.15. The molecule has 138 valence electrons. The molecule has 0 saturated heterocycles. The summed E-state index contributed by atoms with van der Waals surface area (Å²) in [6.45, 7) is 1.43. The summed E-state index contributed by atoms with van der Waals surface area (Å²) in [7, 11) is -2.54. The molecular weight excluding hydrogens is 380 g/mol. The van der Waals surface area contributed by atoms with Crippen LogP contribution >= 0.6 is 11.6 Å². The Hall–Kier alpha value is -2.42. The molecular formula is C17H17ClN2O5S. The van der Waals surface area contributed by atoms with Crippen molar-refractivity contribution in [3.63, 3.8) is 0 Å². The lowest BCUT2D eigenvalue weighted by molar-refractivity contribution is -0.126. The normalized spacial score (nSPS) is 12.3. The molecule has 1 atom stereocenters. The molecule has 0 aliphatic rings. The maximum Gasteiger partial charge on any atom is 0.338 e. The van der Waals surface area contributed by atoms with Gasteiger partial charge in [0.2, 0.25) is 10.0 Å². The van der Waals surface area contributed by atoms with Gasteiger partial charge in [0.15, 0.2) is 6.10 Å². The number of esters is 1. The number of carbonyl (C=O) groups is 2. The van der Waals surface area contributed by atoms with E-state index in [0.717, 1.165) is 6.07 Å². The molecule has 0 saturated carbocycles. The molecule has 9 heteroatoms. The highest BCUT2D eigenvalue weighted by atomic mass is 35.5. The second kappa shape index (κ2) is 7.86. The highest BCUT2D eigenvalue weighted by Crippen LogP contribution is 2.22. The van der Waals surface area contributed by atoms with Crippen molar-refractivity contribution in [2.75, 3.05) is 11.9 Å². The van der Waals surface area contributed by atoms with Crippen LogP contribution in [0.1, 0.15) is 17.3 Å². The average molecular weight is 397 g/mol. The van der Waals surface area contributed by atoms with Crippen molar-refractivity contribution >= 4 is 39.2 Å². The highest BCUT2D eigenvalue weighted by molar-refractivity contribution is 7.89. The Morgan fingerprint density at radius 3 is 2.35 bits per heavy atom. The van der Waals surface area contributed by atoms with E-state index in [1.807, 2.05) is 6.07 Å². The molecule has 0 spiro atoms. The second-order valence-electron chi connectivity index (χ2n) is 5.47. The van der Waals surface area contributed by atoms with Gasteiger partial charge in [-0.05, 0) is 37.3 Å². The molecule has 0 aliphatic heterocycles. The van der Waals surface area contributed by atoms with E-state index < -0.39 is 32.9 Å². The first-order valence-corrected chi connectivity index (χ1v) is 9.39. The first kappa shape index (κ1) is 19.9. The molecule has 2 aromatic rings. The number of hydrogen-bond donors (Lipinski definition) is 1. The van der Waals surface area contributed by atoms with Gasteiger partial charge in [0, 0.05) is 12.7 Å². The van der Waals surface area contributed by atoms with Gasteiger partial charge in [0.25, 0.3) is 5.91 Å². The largest absolute Gasteiger partial charge is 0.449 e.